The molecule has 6 nitrogen and oxygen atoms in total. The smallest absolute Gasteiger partial charge is 0.415 e. The molecule has 1 amide bonds. The first-order chi connectivity index (χ1) is 14.0. The number of rotatable bonds is 5. The Kier molecular flexibility index (Phi) is 5.49. The van der Waals surface area contributed by atoms with Crippen LogP contribution in [0.3, 0.4) is 0 Å². The summed E-state index contributed by atoms with van der Waals surface area (Å²) in [6.07, 6.45) is 1.24. The van der Waals surface area contributed by atoms with E-state index in [9.17, 15) is 14.0 Å². The quantitative estimate of drug-likeness (QED) is 0.831. The molecule has 0 unspecified atom stereocenters. The number of carbonyl (C=O) groups excluding carboxylic acids is 1. The largest absolute Gasteiger partial charge is 0.478 e. The average molecular weight is 398 g/mol. The number of amides is 1. The normalized spacial score (nSPS) is 22.9. The fraction of sp³-hybridized carbons (Fsp3) is 0.364. The lowest BCUT2D eigenvalue weighted by molar-refractivity contribution is -0.0311. The van der Waals surface area contributed by atoms with Crippen LogP contribution >= 0.6 is 0 Å². The number of hydrogen-bond acceptors (Lipinski definition) is 4. The summed E-state index contributed by atoms with van der Waals surface area (Å²) in [5, 5.41) is 9.06. The number of fused-ring (bicyclic) bond motifs is 3. The zero-order valence-corrected chi connectivity index (χ0v) is 16.0. The predicted molar refractivity (Wildman–Crippen MR) is 105 cm³/mol. The number of carboxylic acids is 1. The van der Waals surface area contributed by atoms with Crippen molar-refractivity contribution in [2.45, 2.75) is 25.5 Å². The fourth-order valence-corrected chi connectivity index (χ4v) is 4.09. The highest BCUT2D eigenvalue weighted by Gasteiger charge is 2.37. The van der Waals surface area contributed by atoms with E-state index in [-0.39, 0.29) is 23.9 Å². The average Bonchev–Trinajstić information content (AvgIpc) is 2.74. The summed E-state index contributed by atoms with van der Waals surface area (Å²) in [6, 6.07) is 12.3. The highest BCUT2D eigenvalue weighted by molar-refractivity contribution is 5.89. The number of carbonyl (C=O) groups is 2. The lowest BCUT2D eigenvalue weighted by Gasteiger charge is -2.44. The van der Waals surface area contributed by atoms with Crippen molar-refractivity contribution in [2.75, 3.05) is 24.5 Å². The Morgan fingerprint density at radius 3 is 2.38 bits per heavy atom. The molecule has 1 N–H and O–H groups in total. The van der Waals surface area contributed by atoms with Gasteiger partial charge in [0.25, 0.3) is 0 Å². The van der Waals surface area contributed by atoms with Gasteiger partial charge in [0, 0.05) is 6.54 Å². The van der Waals surface area contributed by atoms with E-state index in [1.165, 1.54) is 23.1 Å². The monoisotopic (exact) mass is 398 g/mol. The Labute approximate surface area is 168 Å². The second-order valence-electron chi connectivity index (χ2n) is 7.60. The number of halogens is 1. The van der Waals surface area contributed by atoms with Crippen molar-refractivity contribution >= 4 is 17.7 Å². The van der Waals surface area contributed by atoms with E-state index in [0.717, 1.165) is 32.5 Å². The van der Waals surface area contributed by atoms with Gasteiger partial charge < -0.3 is 9.84 Å². The summed E-state index contributed by atoms with van der Waals surface area (Å²) < 4.78 is 20.3. The number of ether oxygens (including phenoxy) is 1. The minimum Gasteiger partial charge on any atom is -0.478 e. The molecule has 2 bridgehead atoms. The van der Waals surface area contributed by atoms with Gasteiger partial charge in [-0.15, -0.1) is 0 Å². The zero-order valence-electron chi connectivity index (χ0n) is 16.0. The van der Waals surface area contributed by atoms with Crippen molar-refractivity contribution in [3.8, 4) is 0 Å². The van der Waals surface area contributed by atoms with Crippen molar-refractivity contribution in [2.24, 2.45) is 5.92 Å². The van der Waals surface area contributed by atoms with Crippen LogP contribution in [0, 0.1) is 11.7 Å². The third-order valence-corrected chi connectivity index (χ3v) is 5.75. The van der Waals surface area contributed by atoms with Crippen LogP contribution in [0.25, 0.3) is 0 Å². The lowest BCUT2D eigenvalue weighted by Crippen LogP contribution is -2.53. The number of carboxylic acid groups (broad SMARTS) is 1. The van der Waals surface area contributed by atoms with Gasteiger partial charge in [0.1, 0.15) is 11.9 Å². The zero-order chi connectivity index (χ0) is 20.4. The second-order valence-corrected chi connectivity index (χ2v) is 7.60. The molecule has 29 heavy (non-hydrogen) atoms. The molecule has 3 heterocycles. The Morgan fingerprint density at radius 2 is 1.79 bits per heavy atom. The Hall–Kier alpha value is -2.93. The molecular formula is C22H23FN2O4. The summed E-state index contributed by atoms with van der Waals surface area (Å²) in [7, 11) is 0. The van der Waals surface area contributed by atoms with Gasteiger partial charge in [-0.05, 0) is 61.7 Å². The van der Waals surface area contributed by atoms with Crippen molar-refractivity contribution in [1.82, 2.24) is 4.90 Å². The third kappa shape index (κ3) is 4.24. The van der Waals surface area contributed by atoms with Crippen molar-refractivity contribution in [3.63, 3.8) is 0 Å². The molecule has 2 aromatic rings. The maximum absolute atomic E-state index is 14.5. The van der Waals surface area contributed by atoms with Crippen LogP contribution in [0.2, 0.25) is 0 Å². The molecular weight excluding hydrogens is 375 g/mol. The summed E-state index contributed by atoms with van der Waals surface area (Å²) in [5.41, 5.74) is 0.978. The molecule has 3 aliphatic heterocycles. The maximum Gasteiger partial charge on any atom is 0.415 e. The van der Waals surface area contributed by atoms with Gasteiger partial charge in [-0.2, -0.15) is 0 Å². The highest BCUT2D eigenvalue weighted by Crippen LogP contribution is 2.31. The summed E-state index contributed by atoms with van der Waals surface area (Å²) >= 11 is 0. The molecule has 3 aliphatic rings. The van der Waals surface area contributed by atoms with Gasteiger partial charge in [-0.3, -0.25) is 9.80 Å². The Bertz CT molecular complexity index is 894. The first-order valence-corrected chi connectivity index (χ1v) is 9.78. The highest BCUT2D eigenvalue weighted by atomic mass is 19.1. The molecule has 3 saturated heterocycles. The topological polar surface area (TPSA) is 70.1 Å². The summed E-state index contributed by atoms with van der Waals surface area (Å²) in [5.74, 6) is -1.19. The Morgan fingerprint density at radius 1 is 1.10 bits per heavy atom. The van der Waals surface area contributed by atoms with Crippen LogP contribution in [-0.2, 0) is 11.3 Å². The van der Waals surface area contributed by atoms with Crippen molar-refractivity contribution in [1.29, 1.82) is 0 Å². The first kappa shape index (κ1) is 19.4. The standard InChI is InChI=1S/C22H23FN2O4/c23-18-3-1-2-4-19(18)25(13-15-5-7-17(8-6-15)21(26)27)22(28)29-20-14-24-11-9-16(20)10-12-24/h1-8,16,20H,9-14H2,(H,26,27)/t20-/m0/s1. The van der Waals surface area contributed by atoms with Gasteiger partial charge in [-0.1, -0.05) is 24.3 Å². The maximum atomic E-state index is 14.5. The van der Waals surface area contributed by atoms with Gasteiger partial charge in [0.15, 0.2) is 0 Å². The number of benzene rings is 2. The van der Waals surface area contributed by atoms with Crippen LogP contribution < -0.4 is 4.90 Å². The molecule has 0 spiro atoms. The van der Waals surface area contributed by atoms with Crippen molar-refractivity contribution < 1.29 is 23.8 Å². The number of hydrogen-bond donors (Lipinski definition) is 1. The van der Waals surface area contributed by atoms with Crippen LogP contribution in [0.1, 0.15) is 28.8 Å². The number of nitrogens with zero attached hydrogens (tertiary/aromatic N) is 2. The van der Waals surface area contributed by atoms with E-state index in [4.69, 9.17) is 9.84 Å². The van der Waals surface area contributed by atoms with Crippen LogP contribution in [0.5, 0.6) is 0 Å². The molecule has 0 saturated carbocycles. The van der Waals surface area contributed by atoms with Gasteiger partial charge in [0.2, 0.25) is 0 Å². The summed E-state index contributed by atoms with van der Waals surface area (Å²) in [4.78, 5) is 27.7. The number of aromatic carboxylic acids is 1. The molecule has 1 atom stereocenters. The van der Waals surface area contributed by atoms with E-state index in [0.29, 0.717) is 11.5 Å². The fourth-order valence-electron chi connectivity index (χ4n) is 4.09. The first-order valence-electron chi connectivity index (χ1n) is 9.78. The van der Waals surface area contributed by atoms with Crippen LogP contribution in [0.4, 0.5) is 14.9 Å². The van der Waals surface area contributed by atoms with E-state index in [1.54, 1.807) is 30.3 Å². The van der Waals surface area contributed by atoms with Crippen molar-refractivity contribution in [3.05, 3.63) is 65.5 Å². The minimum absolute atomic E-state index is 0.0841. The molecule has 2 aromatic carbocycles. The third-order valence-electron chi connectivity index (χ3n) is 5.75. The Balaban J connectivity index is 1.56. The molecule has 0 aromatic heterocycles. The SMILES string of the molecule is O=C(O)c1ccc(CN(C(=O)O[C@H]2CN3CCC2CC3)c2ccccc2F)cc1. The van der Waals surface area contributed by atoms with E-state index in [1.807, 2.05) is 0 Å². The molecule has 3 fully saturated rings. The molecule has 0 aliphatic carbocycles. The minimum atomic E-state index is -1.02. The van der Waals surface area contributed by atoms with E-state index >= 15 is 0 Å². The molecule has 152 valence electrons. The second kappa shape index (κ2) is 8.21. The van der Waals surface area contributed by atoms with E-state index < -0.39 is 17.9 Å². The lowest BCUT2D eigenvalue weighted by atomic mass is 9.86. The molecule has 5 rings (SSSR count). The number of anilines is 1. The van der Waals surface area contributed by atoms with Crippen LogP contribution in [0.15, 0.2) is 48.5 Å². The van der Waals surface area contributed by atoms with Crippen LogP contribution in [-0.4, -0.2) is 47.8 Å². The van der Waals surface area contributed by atoms with Gasteiger partial charge in [-0.25, -0.2) is 14.0 Å². The van der Waals surface area contributed by atoms with Gasteiger partial charge >= 0.3 is 12.1 Å². The predicted octanol–water partition coefficient (Wildman–Crippen LogP) is 3.76. The molecule has 7 heteroatoms. The number of para-hydroxylation sites is 1. The molecule has 0 radical (unpaired) electrons. The summed E-state index contributed by atoms with van der Waals surface area (Å²) in [6.45, 7) is 2.87. The number of piperidine rings is 3. The van der Waals surface area contributed by atoms with Gasteiger partial charge in [0.05, 0.1) is 17.8 Å². The van der Waals surface area contributed by atoms with E-state index in [2.05, 4.69) is 4.90 Å².